The molecule has 7 nitrogen and oxygen atoms in total. The van der Waals surface area contributed by atoms with Crippen molar-refractivity contribution in [3.05, 3.63) is 17.4 Å². The van der Waals surface area contributed by atoms with Crippen molar-refractivity contribution >= 4 is 17.6 Å². The van der Waals surface area contributed by atoms with Crippen LogP contribution in [0.25, 0.3) is 11.6 Å². The van der Waals surface area contributed by atoms with Crippen molar-refractivity contribution in [3.8, 4) is 11.6 Å². The summed E-state index contributed by atoms with van der Waals surface area (Å²) >= 11 is 5.74. The molecule has 0 saturated carbocycles. The average Bonchev–Trinajstić information content (AvgIpc) is 2.92. The normalized spacial score (nSPS) is 13.4. The predicted molar refractivity (Wildman–Crippen MR) is 71.3 cm³/mol. The van der Waals surface area contributed by atoms with Crippen LogP contribution in [-0.2, 0) is 4.79 Å². The van der Waals surface area contributed by atoms with Gasteiger partial charge >= 0.3 is 5.97 Å². The molecular formula is C12H15ClN4O3. The summed E-state index contributed by atoms with van der Waals surface area (Å²) in [5.74, 6) is -0.151. The van der Waals surface area contributed by atoms with Gasteiger partial charge < -0.3 is 9.52 Å². The minimum absolute atomic E-state index is 0.0873. The van der Waals surface area contributed by atoms with Crippen LogP contribution in [0.1, 0.15) is 33.2 Å². The van der Waals surface area contributed by atoms with E-state index in [0.717, 1.165) is 0 Å². The lowest BCUT2D eigenvalue weighted by Gasteiger charge is -2.29. The summed E-state index contributed by atoms with van der Waals surface area (Å²) < 4.78 is 6.77. The molecule has 0 radical (unpaired) electrons. The van der Waals surface area contributed by atoms with Gasteiger partial charge in [0.05, 0.1) is 12.5 Å². The first-order valence-corrected chi connectivity index (χ1v) is 6.42. The minimum Gasteiger partial charge on any atom is -0.481 e. The van der Waals surface area contributed by atoms with Gasteiger partial charge in [0.25, 0.3) is 0 Å². The Balaban J connectivity index is 2.45. The second kappa shape index (κ2) is 5.24. The van der Waals surface area contributed by atoms with E-state index in [4.69, 9.17) is 21.1 Å². The molecule has 1 atom stereocenters. The number of carbonyl (C=O) groups is 1. The van der Waals surface area contributed by atoms with Crippen LogP contribution in [0.5, 0.6) is 0 Å². The molecule has 0 aliphatic heterocycles. The van der Waals surface area contributed by atoms with E-state index < -0.39 is 12.0 Å². The molecule has 0 aromatic carbocycles. The predicted octanol–water partition coefficient (Wildman–Crippen LogP) is 2.65. The van der Waals surface area contributed by atoms with Crippen molar-refractivity contribution < 1.29 is 14.3 Å². The third-order valence-electron chi connectivity index (χ3n) is 2.95. The quantitative estimate of drug-likeness (QED) is 0.932. The fourth-order valence-electron chi connectivity index (χ4n) is 1.93. The molecule has 2 aromatic rings. The number of rotatable bonds is 4. The zero-order valence-electron chi connectivity index (χ0n) is 11.4. The Labute approximate surface area is 120 Å². The Bertz CT molecular complexity index is 614. The molecule has 0 amide bonds. The van der Waals surface area contributed by atoms with Gasteiger partial charge in [0.15, 0.2) is 11.0 Å². The molecular weight excluding hydrogens is 284 g/mol. The first-order chi connectivity index (χ1) is 9.29. The van der Waals surface area contributed by atoms with E-state index in [1.54, 1.807) is 12.1 Å². The number of aromatic nitrogens is 4. The highest BCUT2D eigenvalue weighted by molar-refractivity contribution is 6.28. The first-order valence-electron chi connectivity index (χ1n) is 6.04. The van der Waals surface area contributed by atoms with Crippen molar-refractivity contribution in [2.75, 3.05) is 0 Å². The van der Waals surface area contributed by atoms with Crippen LogP contribution in [0.4, 0.5) is 0 Å². The summed E-state index contributed by atoms with van der Waals surface area (Å²) in [5, 5.41) is 20.7. The van der Waals surface area contributed by atoms with Crippen LogP contribution in [-0.4, -0.2) is 31.3 Å². The SMILES string of the molecule is CC(C)(C)C(CC(=O)O)n1nnnc1-c1ccc(Cl)o1. The van der Waals surface area contributed by atoms with Gasteiger partial charge in [-0.15, -0.1) is 5.10 Å². The maximum atomic E-state index is 11.1. The topological polar surface area (TPSA) is 94.0 Å². The van der Waals surface area contributed by atoms with Crippen LogP contribution in [0.3, 0.4) is 0 Å². The molecule has 0 saturated heterocycles. The lowest BCUT2D eigenvalue weighted by molar-refractivity contribution is -0.138. The molecule has 0 fully saturated rings. The number of carboxylic acid groups (broad SMARTS) is 1. The Morgan fingerprint density at radius 3 is 2.70 bits per heavy atom. The number of aliphatic carboxylic acids is 1. The number of hydrogen-bond acceptors (Lipinski definition) is 5. The van der Waals surface area contributed by atoms with E-state index in [0.29, 0.717) is 11.6 Å². The summed E-state index contributed by atoms with van der Waals surface area (Å²) in [5.41, 5.74) is -0.334. The fourth-order valence-corrected chi connectivity index (χ4v) is 2.07. The number of carboxylic acids is 1. The molecule has 20 heavy (non-hydrogen) atoms. The molecule has 0 spiro atoms. The zero-order valence-corrected chi connectivity index (χ0v) is 12.1. The Morgan fingerprint density at radius 1 is 1.50 bits per heavy atom. The van der Waals surface area contributed by atoms with Gasteiger partial charge in [-0.2, -0.15) is 0 Å². The van der Waals surface area contributed by atoms with E-state index >= 15 is 0 Å². The Hall–Kier alpha value is -1.89. The lowest BCUT2D eigenvalue weighted by Crippen LogP contribution is -2.28. The van der Waals surface area contributed by atoms with E-state index in [9.17, 15) is 4.79 Å². The molecule has 0 aliphatic rings. The number of furan rings is 1. The second-order valence-corrected chi connectivity index (χ2v) is 5.90. The molecule has 2 rings (SSSR count). The molecule has 2 heterocycles. The highest BCUT2D eigenvalue weighted by Gasteiger charge is 2.32. The second-order valence-electron chi connectivity index (χ2n) is 5.53. The van der Waals surface area contributed by atoms with Gasteiger partial charge in [-0.05, 0) is 39.6 Å². The summed E-state index contributed by atoms with van der Waals surface area (Å²) in [6.07, 6.45) is -0.0873. The Kier molecular flexibility index (Phi) is 3.80. The number of nitrogens with zero attached hydrogens (tertiary/aromatic N) is 4. The van der Waals surface area contributed by atoms with Gasteiger partial charge in [0, 0.05) is 0 Å². The van der Waals surface area contributed by atoms with E-state index in [-0.39, 0.29) is 17.1 Å². The van der Waals surface area contributed by atoms with E-state index in [1.807, 2.05) is 20.8 Å². The zero-order chi connectivity index (χ0) is 14.9. The summed E-state index contributed by atoms with van der Waals surface area (Å²) in [6, 6.07) is 2.82. The van der Waals surface area contributed by atoms with Crippen LogP contribution in [0, 0.1) is 5.41 Å². The van der Waals surface area contributed by atoms with Crippen LogP contribution >= 0.6 is 11.6 Å². The van der Waals surface area contributed by atoms with Gasteiger partial charge in [-0.25, -0.2) is 4.68 Å². The minimum atomic E-state index is -0.913. The van der Waals surface area contributed by atoms with Gasteiger partial charge in [0.1, 0.15) is 0 Å². The van der Waals surface area contributed by atoms with E-state index in [2.05, 4.69) is 15.5 Å². The molecule has 1 N–H and O–H groups in total. The maximum absolute atomic E-state index is 11.1. The van der Waals surface area contributed by atoms with Crippen LogP contribution < -0.4 is 0 Å². The monoisotopic (exact) mass is 298 g/mol. The van der Waals surface area contributed by atoms with Crippen molar-refractivity contribution in [1.82, 2.24) is 20.2 Å². The van der Waals surface area contributed by atoms with Crippen molar-refractivity contribution in [3.63, 3.8) is 0 Å². The molecule has 8 heteroatoms. The smallest absolute Gasteiger partial charge is 0.305 e. The molecule has 108 valence electrons. The first kappa shape index (κ1) is 14.5. The third kappa shape index (κ3) is 2.98. The van der Waals surface area contributed by atoms with Crippen LogP contribution in [0.2, 0.25) is 5.22 Å². The largest absolute Gasteiger partial charge is 0.481 e. The van der Waals surface area contributed by atoms with E-state index in [1.165, 1.54) is 4.68 Å². The fraction of sp³-hybridized carbons (Fsp3) is 0.500. The summed E-state index contributed by atoms with van der Waals surface area (Å²) in [7, 11) is 0. The highest BCUT2D eigenvalue weighted by Crippen LogP contribution is 2.35. The molecule has 0 aliphatic carbocycles. The van der Waals surface area contributed by atoms with Crippen LogP contribution in [0.15, 0.2) is 16.5 Å². The van der Waals surface area contributed by atoms with Gasteiger partial charge in [-0.1, -0.05) is 20.8 Å². The average molecular weight is 299 g/mol. The standard InChI is InChI=1S/C12H15ClN4O3/c1-12(2,3)8(6-10(18)19)17-11(14-15-16-17)7-4-5-9(13)20-7/h4-5,8H,6H2,1-3H3,(H,18,19). The van der Waals surface area contributed by atoms with Crippen molar-refractivity contribution in [2.24, 2.45) is 5.41 Å². The summed E-state index contributed by atoms with van der Waals surface area (Å²) in [4.78, 5) is 11.1. The van der Waals surface area contributed by atoms with Gasteiger partial charge in [0.2, 0.25) is 5.82 Å². The number of halogens is 1. The maximum Gasteiger partial charge on any atom is 0.305 e. The third-order valence-corrected chi connectivity index (χ3v) is 3.15. The summed E-state index contributed by atoms with van der Waals surface area (Å²) in [6.45, 7) is 5.80. The van der Waals surface area contributed by atoms with Crippen molar-refractivity contribution in [1.29, 1.82) is 0 Å². The Morgan fingerprint density at radius 2 is 2.20 bits per heavy atom. The highest BCUT2D eigenvalue weighted by atomic mass is 35.5. The molecule has 0 bridgehead atoms. The number of hydrogen-bond donors (Lipinski definition) is 1. The lowest BCUT2D eigenvalue weighted by atomic mass is 9.85. The van der Waals surface area contributed by atoms with Crippen molar-refractivity contribution in [2.45, 2.75) is 33.2 Å². The molecule has 1 unspecified atom stereocenters. The number of tetrazole rings is 1. The molecule has 2 aromatic heterocycles. The van der Waals surface area contributed by atoms with Gasteiger partial charge in [-0.3, -0.25) is 4.79 Å².